The summed E-state index contributed by atoms with van der Waals surface area (Å²) in [6.45, 7) is 1.05. The molecule has 1 aromatic heterocycles. The quantitative estimate of drug-likeness (QED) is 0.724. The zero-order valence-electron chi connectivity index (χ0n) is 8.29. The lowest BCUT2D eigenvalue weighted by molar-refractivity contribution is 0.106. The van der Waals surface area contributed by atoms with Crippen molar-refractivity contribution in [3.05, 3.63) is 23.7 Å². The van der Waals surface area contributed by atoms with Gasteiger partial charge in [0.05, 0.1) is 12.0 Å². The van der Waals surface area contributed by atoms with Crippen LogP contribution < -0.4 is 5.90 Å². The highest BCUT2D eigenvalue weighted by atomic mass is 16.6. The Balaban J connectivity index is 2.08. The second-order valence-electron chi connectivity index (χ2n) is 3.79. The van der Waals surface area contributed by atoms with Crippen LogP contribution in [0, 0.1) is 0 Å². The lowest BCUT2D eigenvalue weighted by Gasteiger charge is -2.09. The maximum absolute atomic E-state index is 5.64. The zero-order valence-corrected chi connectivity index (χ0v) is 8.29. The molecule has 2 N–H and O–H groups in total. The molecule has 0 unspecified atom stereocenters. The number of methoxy groups -OCH3 is 1. The summed E-state index contributed by atoms with van der Waals surface area (Å²) in [7, 11) is 1.65. The van der Waals surface area contributed by atoms with E-state index in [9.17, 15) is 0 Å². The van der Waals surface area contributed by atoms with Crippen molar-refractivity contribution in [2.75, 3.05) is 13.7 Å². The first-order valence-corrected chi connectivity index (χ1v) is 4.70. The van der Waals surface area contributed by atoms with Crippen LogP contribution in [0.4, 0.5) is 0 Å². The molecule has 1 fully saturated rings. The fourth-order valence-corrected chi connectivity index (χ4v) is 1.66. The highest BCUT2D eigenvalue weighted by Gasteiger charge is 2.47. The third-order valence-corrected chi connectivity index (χ3v) is 2.68. The molecule has 1 saturated carbocycles. The molecule has 0 atom stereocenters. The minimum Gasteiger partial charge on any atom is -0.463 e. The van der Waals surface area contributed by atoms with Gasteiger partial charge < -0.3 is 14.0 Å². The molecule has 0 amide bonds. The van der Waals surface area contributed by atoms with E-state index in [0.29, 0.717) is 13.2 Å². The van der Waals surface area contributed by atoms with E-state index in [-0.39, 0.29) is 5.41 Å². The van der Waals surface area contributed by atoms with Crippen molar-refractivity contribution in [3.8, 4) is 0 Å². The average molecular weight is 197 g/mol. The van der Waals surface area contributed by atoms with Crippen LogP contribution in [0.25, 0.3) is 0 Å². The highest BCUT2D eigenvalue weighted by Crippen LogP contribution is 2.48. The van der Waals surface area contributed by atoms with E-state index in [0.717, 1.165) is 24.4 Å². The van der Waals surface area contributed by atoms with Crippen molar-refractivity contribution in [3.63, 3.8) is 0 Å². The summed E-state index contributed by atoms with van der Waals surface area (Å²) in [6, 6.07) is 3.93. The van der Waals surface area contributed by atoms with Crippen molar-refractivity contribution in [2.45, 2.75) is 24.9 Å². The summed E-state index contributed by atoms with van der Waals surface area (Å²) < 4.78 is 10.6. The molecule has 4 nitrogen and oxygen atoms in total. The molecule has 1 aliphatic carbocycles. The van der Waals surface area contributed by atoms with Crippen molar-refractivity contribution >= 4 is 0 Å². The molecule has 1 aliphatic rings. The van der Waals surface area contributed by atoms with E-state index < -0.39 is 0 Å². The molecule has 14 heavy (non-hydrogen) atoms. The van der Waals surface area contributed by atoms with Gasteiger partial charge in [0.15, 0.2) is 0 Å². The van der Waals surface area contributed by atoms with Crippen LogP contribution in [0.3, 0.4) is 0 Å². The number of ether oxygens (including phenoxy) is 1. The van der Waals surface area contributed by atoms with Gasteiger partial charge >= 0.3 is 0 Å². The minimum absolute atomic E-state index is 0.0424. The number of hydrogen-bond donors (Lipinski definition) is 1. The molecule has 2 rings (SSSR count). The van der Waals surface area contributed by atoms with Crippen molar-refractivity contribution in [1.29, 1.82) is 0 Å². The molecule has 78 valence electrons. The molecule has 0 spiro atoms. The van der Waals surface area contributed by atoms with Gasteiger partial charge in [-0.25, -0.2) is 5.90 Å². The standard InChI is InChI=1S/C10H15NO3/c1-12-6-8-2-3-9(14-8)10(4-5-10)7-13-11/h2-3H,4-7,11H2,1H3. The van der Waals surface area contributed by atoms with Gasteiger partial charge in [0.25, 0.3) is 0 Å². The molecular weight excluding hydrogens is 182 g/mol. The Morgan fingerprint density at radius 3 is 2.86 bits per heavy atom. The van der Waals surface area contributed by atoms with Crippen LogP contribution in [0.1, 0.15) is 24.4 Å². The second kappa shape index (κ2) is 3.73. The number of rotatable bonds is 5. The Kier molecular flexibility index (Phi) is 2.58. The van der Waals surface area contributed by atoms with Crippen LogP contribution in [0.5, 0.6) is 0 Å². The van der Waals surface area contributed by atoms with Gasteiger partial charge in [-0.3, -0.25) is 0 Å². The SMILES string of the molecule is COCc1ccc(C2(CON)CC2)o1. The van der Waals surface area contributed by atoms with Gasteiger partial charge in [0.2, 0.25) is 0 Å². The van der Waals surface area contributed by atoms with Crippen molar-refractivity contribution < 1.29 is 14.0 Å². The van der Waals surface area contributed by atoms with Crippen LogP contribution >= 0.6 is 0 Å². The average Bonchev–Trinajstić information content (AvgIpc) is 2.79. The first kappa shape index (κ1) is 9.71. The summed E-state index contributed by atoms with van der Waals surface area (Å²) >= 11 is 0. The Bertz CT molecular complexity index is 304. The van der Waals surface area contributed by atoms with Gasteiger partial charge in [0, 0.05) is 7.11 Å². The molecule has 0 radical (unpaired) electrons. The maximum atomic E-state index is 5.64. The van der Waals surface area contributed by atoms with Gasteiger partial charge in [0.1, 0.15) is 18.1 Å². The Morgan fingerprint density at radius 1 is 1.50 bits per heavy atom. The van der Waals surface area contributed by atoms with Crippen LogP contribution in [0.2, 0.25) is 0 Å². The van der Waals surface area contributed by atoms with Crippen molar-refractivity contribution in [2.24, 2.45) is 5.90 Å². The van der Waals surface area contributed by atoms with Gasteiger partial charge in [-0.1, -0.05) is 0 Å². The molecule has 0 saturated heterocycles. The molecule has 4 heteroatoms. The van der Waals surface area contributed by atoms with Gasteiger partial charge in [-0.05, 0) is 25.0 Å². The monoisotopic (exact) mass is 197 g/mol. The third kappa shape index (κ3) is 1.68. The maximum Gasteiger partial charge on any atom is 0.129 e. The summed E-state index contributed by atoms with van der Waals surface area (Å²) in [5.41, 5.74) is 0.0424. The van der Waals surface area contributed by atoms with E-state index in [1.54, 1.807) is 7.11 Å². The summed E-state index contributed by atoms with van der Waals surface area (Å²) in [4.78, 5) is 4.70. The number of furan rings is 1. The smallest absolute Gasteiger partial charge is 0.129 e. The highest BCUT2D eigenvalue weighted by molar-refractivity contribution is 5.24. The van der Waals surface area contributed by atoms with Crippen LogP contribution in [0.15, 0.2) is 16.5 Å². The van der Waals surface area contributed by atoms with Gasteiger partial charge in [-0.15, -0.1) is 0 Å². The van der Waals surface area contributed by atoms with Crippen LogP contribution in [-0.4, -0.2) is 13.7 Å². The lowest BCUT2D eigenvalue weighted by atomic mass is 10.1. The zero-order chi connectivity index (χ0) is 10.0. The predicted octanol–water partition coefficient (Wildman–Crippen LogP) is 1.35. The molecule has 1 aromatic rings. The fourth-order valence-electron chi connectivity index (χ4n) is 1.66. The largest absolute Gasteiger partial charge is 0.463 e. The topological polar surface area (TPSA) is 57.6 Å². The first-order valence-electron chi connectivity index (χ1n) is 4.70. The summed E-state index contributed by atoms with van der Waals surface area (Å²) in [5.74, 6) is 6.91. The van der Waals surface area contributed by atoms with Gasteiger partial charge in [-0.2, -0.15) is 0 Å². The molecular formula is C10H15NO3. The van der Waals surface area contributed by atoms with E-state index in [1.807, 2.05) is 12.1 Å². The first-order chi connectivity index (χ1) is 6.80. The number of hydrogen-bond acceptors (Lipinski definition) is 4. The molecule has 0 aliphatic heterocycles. The van der Waals surface area contributed by atoms with E-state index in [1.165, 1.54) is 0 Å². The summed E-state index contributed by atoms with van der Waals surface area (Å²) in [5, 5.41) is 0. The second-order valence-corrected chi connectivity index (χ2v) is 3.79. The third-order valence-electron chi connectivity index (χ3n) is 2.68. The normalized spacial score (nSPS) is 18.4. The van der Waals surface area contributed by atoms with E-state index in [4.69, 9.17) is 19.9 Å². The van der Waals surface area contributed by atoms with E-state index in [2.05, 4.69) is 0 Å². The predicted molar refractivity (Wildman–Crippen MR) is 50.5 cm³/mol. The Hall–Kier alpha value is -0.840. The Morgan fingerprint density at radius 2 is 2.29 bits per heavy atom. The lowest BCUT2D eigenvalue weighted by Crippen LogP contribution is -2.17. The minimum atomic E-state index is 0.0424. The summed E-state index contributed by atoms with van der Waals surface area (Å²) in [6.07, 6.45) is 2.17. The Labute approximate surface area is 82.9 Å². The molecule has 0 aromatic carbocycles. The van der Waals surface area contributed by atoms with Crippen LogP contribution in [-0.2, 0) is 21.6 Å². The van der Waals surface area contributed by atoms with E-state index >= 15 is 0 Å². The fraction of sp³-hybridized carbons (Fsp3) is 0.600. The van der Waals surface area contributed by atoms with Crippen molar-refractivity contribution in [1.82, 2.24) is 0 Å². The molecule has 0 bridgehead atoms. The molecule has 1 heterocycles. The number of nitrogens with two attached hydrogens (primary N) is 1.